The molecule has 3 aromatic rings. The molecule has 26 heavy (non-hydrogen) atoms. The molecular weight excluding hydrogens is 394 g/mol. The molecule has 3 aromatic carbocycles. The van der Waals surface area contributed by atoms with Crippen LogP contribution in [0.2, 0.25) is 0 Å². The molecule has 1 N–H and O–H groups in total. The van der Waals surface area contributed by atoms with Crippen molar-refractivity contribution < 1.29 is 14.3 Å². The number of rotatable bonds is 3. The monoisotopic (exact) mass is 409 g/mol. The van der Waals surface area contributed by atoms with Gasteiger partial charge in [0.1, 0.15) is 0 Å². The first-order valence-electron chi connectivity index (χ1n) is 8.18. The zero-order valence-corrected chi connectivity index (χ0v) is 15.7. The molecule has 0 bridgehead atoms. The number of fused-ring (bicyclic) bond motifs is 1. The second-order valence-corrected chi connectivity index (χ2v) is 6.89. The van der Waals surface area contributed by atoms with Gasteiger partial charge in [0.15, 0.2) is 11.5 Å². The zero-order valence-electron chi connectivity index (χ0n) is 14.1. The van der Waals surface area contributed by atoms with E-state index in [0.29, 0.717) is 5.56 Å². The van der Waals surface area contributed by atoms with Crippen molar-refractivity contribution in [3.63, 3.8) is 0 Å². The molecule has 0 fully saturated rings. The summed E-state index contributed by atoms with van der Waals surface area (Å²) in [6.45, 7) is 2.17. The number of benzene rings is 3. The maximum absolute atomic E-state index is 12.4. The summed E-state index contributed by atoms with van der Waals surface area (Å²) in [5, 5.41) is 2.94. The molecule has 0 aliphatic carbocycles. The average molecular weight is 410 g/mol. The lowest BCUT2D eigenvalue weighted by Gasteiger charge is -2.10. The number of ether oxygens (including phenoxy) is 2. The third kappa shape index (κ3) is 3.18. The van der Waals surface area contributed by atoms with Gasteiger partial charge in [0.2, 0.25) is 6.79 Å². The Hall–Kier alpha value is -2.79. The van der Waals surface area contributed by atoms with E-state index in [4.69, 9.17) is 9.47 Å². The zero-order chi connectivity index (χ0) is 18.1. The molecule has 0 atom stereocenters. The van der Waals surface area contributed by atoms with Crippen LogP contribution in [0.25, 0.3) is 11.1 Å². The minimum Gasteiger partial charge on any atom is -0.454 e. The number of nitrogens with one attached hydrogen (secondary N) is 1. The third-order valence-corrected chi connectivity index (χ3v) is 4.96. The van der Waals surface area contributed by atoms with Gasteiger partial charge in [0.25, 0.3) is 5.91 Å². The molecule has 4 rings (SSSR count). The van der Waals surface area contributed by atoms with Crippen molar-refractivity contribution in [2.75, 3.05) is 12.1 Å². The fraction of sp³-hybridized carbons (Fsp3) is 0.0952. The molecule has 1 heterocycles. The van der Waals surface area contributed by atoms with Crippen LogP contribution in [-0.2, 0) is 0 Å². The van der Waals surface area contributed by atoms with Crippen molar-refractivity contribution in [1.29, 1.82) is 0 Å². The van der Waals surface area contributed by atoms with Gasteiger partial charge in [-0.1, -0.05) is 46.3 Å². The van der Waals surface area contributed by atoms with E-state index in [2.05, 4.69) is 21.2 Å². The van der Waals surface area contributed by atoms with Gasteiger partial charge in [-0.05, 0) is 53.9 Å². The van der Waals surface area contributed by atoms with E-state index < -0.39 is 0 Å². The number of hydrogen-bond acceptors (Lipinski definition) is 3. The lowest BCUT2D eigenvalue weighted by molar-refractivity contribution is 0.102. The summed E-state index contributed by atoms with van der Waals surface area (Å²) in [6, 6.07) is 19.1. The number of hydrogen-bond donors (Lipinski definition) is 1. The fourth-order valence-electron chi connectivity index (χ4n) is 2.90. The highest BCUT2D eigenvalue weighted by Crippen LogP contribution is 2.41. The van der Waals surface area contributed by atoms with Crippen molar-refractivity contribution in [2.45, 2.75) is 6.92 Å². The predicted molar refractivity (Wildman–Crippen MR) is 105 cm³/mol. The number of carbonyl (C=O) groups excluding carboxylic acids is 1. The Labute approximate surface area is 159 Å². The first-order chi connectivity index (χ1) is 12.6. The Balaban J connectivity index is 1.56. The topological polar surface area (TPSA) is 47.6 Å². The van der Waals surface area contributed by atoms with Gasteiger partial charge in [0, 0.05) is 15.7 Å². The van der Waals surface area contributed by atoms with Gasteiger partial charge < -0.3 is 14.8 Å². The summed E-state index contributed by atoms with van der Waals surface area (Å²) < 4.78 is 11.8. The van der Waals surface area contributed by atoms with Crippen molar-refractivity contribution in [3.05, 3.63) is 76.3 Å². The molecule has 0 unspecified atom stereocenters. The highest BCUT2D eigenvalue weighted by Gasteiger charge is 2.17. The lowest BCUT2D eigenvalue weighted by Crippen LogP contribution is -2.13. The molecule has 0 saturated carbocycles. The van der Waals surface area contributed by atoms with Crippen LogP contribution in [0.5, 0.6) is 11.5 Å². The van der Waals surface area contributed by atoms with Gasteiger partial charge in [-0.25, -0.2) is 0 Å². The molecule has 1 aliphatic rings. The maximum atomic E-state index is 12.4. The number of halogens is 1. The number of amides is 1. The SMILES string of the molecule is Cc1ccccc1C(=O)Nc1ccc(-c2cc3c(cc2Br)OCO3)cc1. The summed E-state index contributed by atoms with van der Waals surface area (Å²) >= 11 is 3.58. The van der Waals surface area contributed by atoms with Gasteiger partial charge in [0.05, 0.1) is 0 Å². The van der Waals surface area contributed by atoms with Crippen LogP contribution in [0, 0.1) is 6.92 Å². The average Bonchev–Trinajstić information content (AvgIpc) is 3.09. The van der Waals surface area contributed by atoms with E-state index in [-0.39, 0.29) is 12.7 Å². The van der Waals surface area contributed by atoms with E-state index in [9.17, 15) is 4.79 Å². The van der Waals surface area contributed by atoms with E-state index >= 15 is 0 Å². The molecule has 4 nitrogen and oxygen atoms in total. The molecule has 5 heteroatoms. The summed E-state index contributed by atoms with van der Waals surface area (Å²) in [7, 11) is 0. The number of anilines is 1. The summed E-state index contributed by atoms with van der Waals surface area (Å²) in [6.07, 6.45) is 0. The standard InChI is InChI=1S/C21H16BrNO3/c1-13-4-2-3-5-16(13)21(24)23-15-8-6-14(7-9-15)17-10-19-20(11-18(17)22)26-12-25-19/h2-11H,12H2,1H3,(H,23,24). The normalized spacial score (nSPS) is 12.1. The second kappa shape index (κ2) is 6.84. The molecule has 0 saturated heterocycles. The summed E-state index contributed by atoms with van der Waals surface area (Å²) in [4.78, 5) is 12.4. The first-order valence-corrected chi connectivity index (χ1v) is 8.98. The number of aryl methyl sites for hydroxylation is 1. The van der Waals surface area contributed by atoms with Crippen LogP contribution < -0.4 is 14.8 Å². The van der Waals surface area contributed by atoms with Gasteiger partial charge in [-0.2, -0.15) is 0 Å². The quantitative estimate of drug-likeness (QED) is 0.629. The Morgan fingerprint density at radius 3 is 2.42 bits per heavy atom. The molecular formula is C21H16BrNO3. The van der Waals surface area contributed by atoms with Crippen LogP contribution in [0.3, 0.4) is 0 Å². The van der Waals surface area contributed by atoms with E-state index in [0.717, 1.165) is 38.3 Å². The van der Waals surface area contributed by atoms with E-state index in [1.807, 2.05) is 67.6 Å². The third-order valence-electron chi connectivity index (χ3n) is 4.31. The van der Waals surface area contributed by atoms with Crippen molar-refractivity contribution in [3.8, 4) is 22.6 Å². The molecule has 130 valence electrons. The first kappa shape index (κ1) is 16.7. The van der Waals surface area contributed by atoms with Gasteiger partial charge in [-0.15, -0.1) is 0 Å². The molecule has 0 spiro atoms. The second-order valence-electron chi connectivity index (χ2n) is 6.03. The molecule has 0 radical (unpaired) electrons. The van der Waals surface area contributed by atoms with E-state index in [1.165, 1.54) is 0 Å². The van der Waals surface area contributed by atoms with Crippen molar-refractivity contribution >= 4 is 27.5 Å². The summed E-state index contributed by atoms with van der Waals surface area (Å²) in [5.74, 6) is 1.36. The minimum atomic E-state index is -0.111. The lowest BCUT2D eigenvalue weighted by atomic mass is 10.0. The Morgan fingerprint density at radius 1 is 1.00 bits per heavy atom. The van der Waals surface area contributed by atoms with Crippen LogP contribution in [0.4, 0.5) is 5.69 Å². The molecule has 1 aliphatic heterocycles. The van der Waals surface area contributed by atoms with Crippen LogP contribution in [0.15, 0.2) is 65.1 Å². The van der Waals surface area contributed by atoms with Crippen LogP contribution >= 0.6 is 15.9 Å². The maximum Gasteiger partial charge on any atom is 0.255 e. The Bertz CT molecular complexity index is 983. The van der Waals surface area contributed by atoms with Crippen LogP contribution in [0.1, 0.15) is 15.9 Å². The van der Waals surface area contributed by atoms with Gasteiger partial charge >= 0.3 is 0 Å². The largest absolute Gasteiger partial charge is 0.454 e. The molecule has 0 aromatic heterocycles. The Morgan fingerprint density at radius 2 is 1.69 bits per heavy atom. The Kier molecular flexibility index (Phi) is 4.39. The van der Waals surface area contributed by atoms with Gasteiger partial charge in [-0.3, -0.25) is 4.79 Å². The van der Waals surface area contributed by atoms with Crippen LogP contribution in [-0.4, -0.2) is 12.7 Å². The number of carbonyl (C=O) groups is 1. The highest BCUT2D eigenvalue weighted by molar-refractivity contribution is 9.10. The minimum absolute atomic E-state index is 0.111. The van der Waals surface area contributed by atoms with Crippen molar-refractivity contribution in [2.24, 2.45) is 0 Å². The smallest absolute Gasteiger partial charge is 0.255 e. The summed E-state index contributed by atoms with van der Waals surface area (Å²) in [5.41, 5.74) is 4.40. The highest BCUT2D eigenvalue weighted by atomic mass is 79.9. The van der Waals surface area contributed by atoms with E-state index in [1.54, 1.807) is 0 Å². The molecule has 1 amide bonds. The fourth-order valence-corrected chi connectivity index (χ4v) is 3.45. The predicted octanol–water partition coefficient (Wildman–Crippen LogP) is 5.41. The van der Waals surface area contributed by atoms with Crippen molar-refractivity contribution in [1.82, 2.24) is 0 Å².